The van der Waals surface area contributed by atoms with Gasteiger partial charge in [-0.15, -0.1) is 0 Å². The molecule has 1 aromatic carbocycles. The molecule has 1 unspecified atom stereocenters. The van der Waals surface area contributed by atoms with Gasteiger partial charge < -0.3 is 10.1 Å². The minimum absolute atomic E-state index is 0.0397. The standard InChI is InChI=1S/C17H21N3O2/c1-12-11-13(2)20(19-12)9-7-17(21)18-15-8-10-22-16-6-4-3-5-14(15)16/h3-6,11,15H,7-10H2,1-2H3,(H,18,21). The van der Waals surface area contributed by atoms with Crippen molar-refractivity contribution in [2.45, 2.75) is 39.3 Å². The van der Waals surface area contributed by atoms with Crippen molar-refractivity contribution in [3.05, 3.63) is 47.3 Å². The van der Waals surface area contributed by atoms with Crippen molar-refractivity contribution in [2.75, 3.05) is 6.61 Å². The van der Waals surface area contributed by atoms with Crippen molar-refractivity contribution in [2.24, 2.45) is 0 Å². The van der Waals surface area contributed by atoms with Gasteiger partial charge in [0, 0.05) is 30.6 Å². The zero-order chi connectivity index (χ0) is 15.5. The van der Waals surface area contributed by atoms with E-state index in [4.69, 9.17) is 4.74 Å². The summed E-state index contributed by atoms with van der Waals surface area (Å²) in [5.74, 6) is 0.923. The molecule has 0 fully saturated rings. The van der Waals surface area contributed by atoms with E-state index >= 15 is 0 Å². The Morgan fingerprint density at radius 1 is 1.41 bits per heavy atom. The Hall–Kier alpha value is -2.30. The van der Waals surface area contributed by atoms with Crippen molar-refractivity contribution in [3.8, 4) is 5.75 Å². The Morgan fingerprint density at radius 3 is 3.00 bits per heavy atom. The maximum Gasteiger partial charge on any atom is 0.222 e. The largest absolute Gasteiger partial charge is 0.493 e. The maximum atomic E-state index is 12.2. The van der Waals surface area contributed by atoms with Gasteiger partial charge in [0.15, 0.2) is 0 Å². The molecule has 3 rings (SSSR count). The van der Waals surface area contributed by atoms with Gasteiger partial charge in [-0.05, 0) is 26.0 Å². The first kappa shape index (κ1) is 14.6. The van der Waals surface area contributed by atoms with Gasteiger partial charge in [-0.2, -0.15) is 5.10 Å². The number of para-hydroxylation sites is 1. The smallest absolute Gasteiger partial charge is 0.222 e. The van der Waals surface area contributed by atoms with Crippen LogP contribution >= 0.6 is 0 Å². The van der Waals surface area contributed by atoms with E-state index in [0.717, 1.165) is 29.1 Å². The second-order valence-corrected chi connectivity index (χ2v) is 5.70. The van der Waals surface area contributed by atoms with Crippen LogP contribution in [0, 0.1) is 13.8 Å². The van der Waals surface area contributed by atoms with E-state index in [0.29, 0.717) is 19.6 Å². The van der Waals surface area contributed by atoms with Crippen LogP contribution in [-0.2, 0) is 11.3 Å². The number of hydrogen-bond acceptors (Lipinski definition) is 3. The average molecular weight is 299 g/mol. The molecule has 0 bridgehead atoms. The summed E-state index contributed by atoms with van der Waals surface area (Å²) in [4.78, 5) is 12.2. The number of fused-ring (bicyclic) bond motifs is 1. The highest BCUT2D eigenvalue weighted by Gasteiger charge is 2.22. The minimum Gasteiger partial charge on any atom is -0.493 e. The van der Waals surface area contributed by atoms with Crippen LogP contribution in [-0.4, -0.2) is 22.3 Å². The first-order chi connectivity index (χ1) is 10.6. The normalized spacial score (nSPS) is 16.7. The third kappa shape index (κ3) is 3.13. The molecule has 0 spiro atoms. The summed E-state index contributed by atoms with van der Waals surface area (Å²) < 4.78 is 7.50. The fourth-order valence-corrected chi connectivity index (χ4v) is 2.87. The fraction of sp³-hybridized carbons (Fsp3) is 0.412. The predicted octanol–water partition coefficient (Wildman–Crippen LogP) is 2.53. The number of ether oxygens (including phenoxy) is 1. The number of benzene rings is 1. The summed E-state index contributed by atoms with van der Waals surface area (Å²) >= 11 is 0. The lowest BCUT2D eigenvalue weighted by atomic mass is 10.0. The van der Waals surface area contributed by atoms with Gasteiger partial charge in [-0.25, -0.2) is 0 Å². The predicted molar refractivity (Wildman–Crippen MR) is 83.8 cm³/mol. The second-order valence-electron chi connectivity index (χ2n) is 5.70. The molecule has 22 heavy (non-hydrogen) atoms. The summed E-state index contributed by atoms with van der Waals surface area (Å²) in [7, 11) is 0. The zero-order valence-corrected chi connectivity index (χ0v) is 13.0. The second kappa shape index (κ2) is 6.22. The lowest BCUT2D eigenvalue weighted by molar-refractivity contribution is -0.122. The SMILES string of the molecule is Cc1cc(C)n(CCC(=O)NC2CCOc3ccccc32)n1. The van der Waals surface area contributed by atoms with Crippen molar-refractivity contribution >= 4 is 5.91 Å². The van der Waals surface area contributed by atoms with Crippen molar-refractivity contribution in [1.82, 2.24) is 15.1 Å². The molecular weight excluding hydrogens is 278 g/mol. The van der Waals surface area contributed by atoms with Gasteiger partial charge in [0.1, 0.15) is 5.75 Å². The number of rotatable bonds is 4. The highest BCUT2D eigenvalue weighted by atomic mass is 16.5. The molecule has 0 aliphatic carbocycles. The Labute approximate surface area is 130 Å². The third-order valence-corrected chi connectivity index (χ3v) is 3.95. The summed E-state index contributed by atoms with van der Waals surface area (Å²) in [6.45, 7) is 5.21. The number of aromatic nitrogens is 2. The van der Waals surface area contributed by atoms with Crippen molar-refractivity contribution < 1.29 is 9.53 Å². The number of nitrogens with zero attached hydrogens (tertiary/aromatic N) is 2. The maximum absolute atomic E-state index is 12.2. The fourth-order valence-electron chi connectivity index (χ4n) is 2.87. The van der Waals surface area contributed by atoms with Gasteiger partial charge >= 0.3 is 0 Å². The lowest BCUT2D eigenvalue weighted by Crippen LogP contribution is -2.32. The van der Waals surface area contributed by atoms with E-state index in [2.05, 4.69) is 10.4 Å². The van der Waals surface area contributed by atoms with Crippen molar-refractivity contribution in [3.63, 3.8) is 0 Å². The topological polar surface area (TPSA) is 56.2 Å². The summed E-state index contributed by atoms with van der Waals surface area (Å²) in [5, 5.41) is 7.49. The van der Waals surface area contributed by atoms with Crippen LogP contribution in [0.25, 0.3) is 0 Å². The first-order valence-electron chi connectivity index (χ1n) is 7.65. The van der Waals surface area contributed by atoms with Crippen LogP contribution in [0.3, 0.4) is 0 Å². The van der Waals surface area contributed by atoms with Crippen LogP contribution in [0.1, 0.15) is 35.8 Å². The molecule has 0 saturated carbocycles. The molecule has 0 saturated heterocycles. The summed E-state index contributed by atoms with van der Waals surface area (Å²) in [6.07, 6.45) is 1.24. The monoisotopic (exact) mass is 299 g/mol. The Balaban J connectivity index is 1.60. The molecule has 1 amide bonds. The molecule has 1 aliphatic rings. The molecule has 5 nitrogen and oxygen atoms in total. The molecule has 1 aromatic heterocycles. The number of aryl methyl sites for hydroxylation is 3. The number of nitrogens with one attached hydrogen (secondary N) is 1. The zero-order valence-electron chi connectivity index (χ0n) is 13.0. The summed E-state index contributed by atoms with van der Waals surface area (Å²) in [5.41, 5.74) is 3.13. The van der Waals surface area contributed by atoms with E-state index in [1.165, 1.54) is 0 Å². The van der Waals surface area contributed by atoms with E-state index in [9.17, 15) is 4.79 Å². The van der Waals surface area contributed by atoms with Crippen LogP contribution < -0.4 is 10.1 Å². The van der Waals surface area contributed by atoms with E-state index in [1.807, 2.05) is 48.9 Å². The molecule has 1 aliphatic heterocycles. The van der Waals surface area contributed by atoms with Gasteiger partial charge in [0.2, 0.25) is 5.91 Å². The number of carbonyl (C=O) groups is 1. The van der Waals surface area contributed by atoms with E-state index < -0.39 is 0 Å². The minimum atomic E-state index is 0.0397. The number of hydrogen-bond donors (Lipinski definition) is 1. The van der Waals surface area contributed by atoms with Gasteiger partial charge in [0.05, 0.1) is 18.3 Å². The Kier molecular flexibility index (Phi) is 4.13. The molecule has 116 valence electrons. The third-order valence-electron chi connectivity index (χ3n) is 3.95. The molecule has 1 N–H and O–H groups in total. The quantitative estimate of drug-likeness (QED) is 0.944. The van der Waals surface area contributed by atoms with Crippen molar-refractivity contribution in [1.29, 1.82) is 0 Å². The summed E-state index contributed by atoms with van der Waals surface area (Å²) in [6, 6.07) is 9.95. The van der Waals surface area contributed by atoms with Crippen LogP contribution in [0.4, 0.5) is 0 Å². The molecule has 0 radical (unpaired) electrons. The van der Waals surface area contributed by atoms with Crippen LogP contribution in [0.2, 0.25) is 0 Å². The van der Waals surface area contributed by atoms with Crippen LogP contribution in [0.5, 0.6) is 5.75 Å². The van der Waals surface area contributed by atoms with Crippen LogP contribution in [0.15, 0.2) is 30.3 Å². The number of amides is 1. The van der Waals surface area contributed by atoms with Gasteiger partial charge in [-0.1, -0.05) is 18.2 Å². The molecule has 2 heterocycles. The Bertz CT molecular complexity index is 678. The molecular formula is C17H21N3O2. The van der Waals surface area contributed by atoms with E-state index in [-0.39, 0.29) is 11.9 Å². The van der Waals surface area contributed by atoms with E-state index in [1.54, 1.807) is 0 Å². The molecule has 5 heteroatoms. The average Bonchev–Trinajstić information content (AvgIpc) is 2.83. The highest BCUT2D eigenvalue weighted by molar-refractivity contribution is 5.76. The first-order valence-corrected chi connectivity index (χ1v) is 7.65. The van der Waals surface area contributed by atoms with Gasteiger partial charge in [0.25, 0.3) is 0 Å². The molecule has 1 atom stereocenters. The molecule has 2 aromatic rings. The highest BCUT2D eigenvalue weighted by Crippen LogP contribution is 2.31. The number of carbonyl (C=O) groups excluding carboxylic acids is 1. The Morgan fingerprint density at radius 2 is 2.23 bits per heavy atom. The lowest BCUT2D eigenvalue weighted by Gasteiger charge is -2.26. The van der Waals surface area contributed by atoms with Gasteiger partial charge in [-0.3, -0.25) is 9.48 Å².